The van der Waals surface area contributed by atoms with Gasteiger partial charge in [-0.05, 0) is 30.0 Å². The van der Waals surface area contributed by atoms with Crippen LogP contribution in [0.5, 0.6) is 0 Å². The molecule has 112 valence electrons. The second-order valence-electron chi connectivity index (χ2n) is 5.81. The van der Waals surface area contributed by atoms with Crippen LogP contribution in [0.1, 0.15) is 12.1 Å². The molecule has 22 heavy (non-hydrogen) atoms. The molecular formula is C17H18N4O. The van der Waals surface area contributed by atoms with Crippen molar-refractivity contribution in [2.24, 2.45) is 0 Å². The van der Waals surface area contributed by atoms with Crippen LogP contribution >= 0.6 is 0 Å². The quantitative estimate of drug-likeness (QED) is 0.803. The number of aryl methyl sites for hydroxylation is 1. The first kappa shape index (κ1) is 13.1. The first-order valence-electron chi connectivity index (χ1n) is 7.63. The maximum absolute atomic E-state index is 12.3. The summed E-state index contributed by atoms with van der Waals surface area (Å²) in [6.07, 6.45) is 5.59. The van der Waals surface area contributed by atoms with E-state index in [1.807, 2.05) is 52.0 Å². The first-order valence-corrected chi connectivity index (χ1v) is 7.63. The number of nitrogens with zero attached hydrogens (tertiary/aromatic N) is 3. The van der Waals surface area contributed by atoms with E-state index in [-0.39, 0.29) is 11.9 Å². The molecular weight excluding hydrogens is 276 g/mol. The van der Waals surface area contributed by atoms with Crippen molar-refractivity contribution in [2.45, 2.75) is 32.0 Å². The average molecular weight is 294 g/mol. The Labute approximate surface area is 128 Å². The summed E-state index contributed by atoms with van der Waals surface area (Å²) in [6, 6.07) is 12.4. The zero-order chi connectivity index (χ0) is 14.9. The summed E-state index contributed by atoms with van der Waals surface area (Å²) in [5, 5.41) is 8.58. The number of carbonyl (C=O) groups excluding carboxylic acids is 1. The monoisotopic (exact) mass is 294 g/mol. The number of para-hydroxylation sites is 1. The molecule has 1 aromatic carbocycles. The number of benzene rings is 1. The minimum Gasteiger partial charge on any atom is -0.351 e. The van der Waals surface area contributed by atoms with Crippen molar-refractivity contribution in [3.8, 4) is 0 Å². The first-order chi connectivity index (χ1) is 10.8. The highest BCUT2D eigenvalue weighted by atomic mass is 16.2. The van der Waals surface area contributed by atoms with Gasteiger partial charge in [-0.25, -0.2) is 0 Å². The lowest BCUT2D eigenvalue weighted by molar-refractivity contribution is -0.122. The number of hydrogen-bond acceptors (Lipinski definition) is 2. The zero-order valence-electron chi connectivity index (χ0n) is 12.3. The predicted octanol–water partition coefficient (Wildman–Crippen LogP) is 1.97. The van der Waals surface area contributed by atoms with Crippen LogP contribution < -0.4 is 5.32 Å². The lowest BCUT2D eigenvalue weighted by atomic mass is 10.0. The molecule has 5 nitrogen and oxygen atoms in total. The highest BCUT2D eigenvalue weighted by molar-refractivity contribution is 5.83. The van der Waals surface area contributed by atoms with E-state index < -0.39 is 0 Å². The van der Waals surface area contributed by atoms with Gasteiger partial charge in [0.05, 0.1) is 0 Å². The normalized spacial score (nSPS) is 17.4. The fourth-order valence-corrected chi connectivity index (χ4v) is 3.20. The van der Waals surface area contributed by atoms with Gasteiger partial charge >= 0.3 is 0 Å². The van der Waals surface area contributed by atoms with Gasteiger partial charge in [-0.15, -0.1) is 0 Å². The lowest BCUT2D eigenvalue weighted by Gasteiger charge is -2.24. The summed E-state index contributed by atoms with van der Waals surface area (Å²) < 4.78 is 4.01. The molecule has 1 aliphatic heterocycles. The van der Waals surface area contributed by atoms with Gasteiger partial charge in [0, 0.05) is 42.6 Å². The summed E-state index contributed by atoms with van der Waals surface area (Å²) in [7, 11) is 0. The van der Waals surface area contributed by atoms with Crippen molar-refractivity contribution < 1.29 is 4.79 Å². The van der Waals surface area contributed by atoms with E-state index in [0.717, 1.165) is 30.3 Å². The van der Waals surface area contributed by atoms with E-state index >= 15 is 0 Å². The number of carbonyl (C=O) groups is 1. The van der Waals surface area contributed by atoms with E-state index in [9.17, 15) is 4.79 Å². The Morgan fingerprint density at radius 1 is 1.27 bits per heavy atom. The van der Waals surface area contributed by atoms with Crippen molar-refractivity contribution in [1.82, 2.24) is 19.7 Å². The summed E-state index contributed by atoms with van der Waals surface area (Å²) in [6.45, 7) is 1.24. The number of fused-ring (bicyclic) bond motifs is 2. The Balaban J connectivity index is 1.43. The van der Waals surface area contributed by atoms with Crippen LogP contribution in [0.3, 0.4) is 0 Å². The van der Waals surface area contributed by atoms with Crippen LogP contribution in [-0.4, -0.2) is 26.3 Å². The van der Waals surface area contributed by atoms with E-state index in [2.05, 4.69) is 16.5 Å². The molecule has 0 bridgehead atoms. The van der Waals surface area contributed by atoms with Gasteiger partial charge < -0.3 is 9.88 Å². The van der Waals surface area contributed by atoms with Crippen molar-refractivity contribution in [1.29, 1.82) is 0 Å². The number of amides is 1. The standard InChI is InChI=1S/C17H18N4O/c22-17(12-20-9-6-13-3-1-2-4-16(13)20)19-14-7-10-21-15(11-14)5-8-18-21/h1-6,8-9,14H,7,10-12H2,(H,19,22)/t14-/m0/s1. The van der Waals surface area contributed by atoms with E-state index in [0.29, 0.717) is 6.54 Å². The summed E-state index contributed by atoms with van der Waals surface area (Å²) in [4.78, 5) is 12.3. The molecule has 4 rings (SSSR count). The molecule has 5 heteroatoms. The van der Waals surface area contributed by atoms with Crippen molar-refractivity contribution in [2.75, 3.05) is 0 Å². The number of aromatic nitrogens is 3. The molecule has 0 radical (unpaired) electrons. The topological polar surface area (TPSA) is 51.9 Å². The molecule has 2 aromatic heterocycles. The van der Waals surface area contributed by atoms with Crippen LogP contribution in [-0.2, 0) is 24.3 Å². The molecule has 1 N–H and O–H groups in total. The van der Waals surface area contributed by atoms with Crippen molar-refractivity contribution in [3.63, 3.8) is 0 Å². The summed E-state index contributed by atoms with van der Waals surface area (Å²) in [5.41, 5.74) is 2.29. The van der Waals surface area contributed by atoms with Crippen LogP contribution in [0.4, 0.5) is 0 Å². The highest BCUT2D eigenvalue weighted by Crippen LogP contribution is 2.16. The molecule has 0 spiro atoms. The molecule has 1 amide bonds. The Morgan fingerprint density at radius 3 is 3.14 bits per heavy atom. The van der Waals surface area contributed by atoms with Gasteiger partial charge in [-0.2, -0.15) is 5.10 Å². The highest BCUT2D eigenvalue weighted by Gasteiger charge is 2.20. The molecule has 0 saturated heterocycles. The third-order valence-electron chi connectivity index (χ3n) is 4.31. The van der Waals surface area contributed by atoms with Crippen LogP contribution in [0.15, 0.2) is 48.8 Å². The molecule has 3 aromatic rings. The molecule has 0 unspecified atom stereocenters. The van der Waals surface area contributed by atoms with Gasteiger partial charge in [0.2, 0.25) is 5.91 Å². The largest absolute Gasteiger partial charge is 0.351 e. The van der Waals surface area contributed by atoms with Gasteiger partial charge in [-0.3, -0.25) is 9.48 Å². The van der Waals surface area contributed by atoms with E-state index in [1.165, 1.54) is 5.69 Å². The van der Waals surface area contributed by atoms with Gasteiger partial charge in [0.15, 0.2) is 0 Å². The molecule has 1 aliphatic rings. The van der Waals surface area contributed by atoms with Crippen LogP contribution in [0, 0.1) is 0 Å². The minimum absolute atomic E-state index is 0.0688. The van der Waals surface area contributed by atoms with E-state index in [4.69, 9.17) is 0 Å². The Hall–Kier alpha value is -2.56. The number of nitrogens with one attached hydrogen (secondary N) is 1. The fraction of sp³-hybridized carbons (Fsp3) is 0.294. The van der Waals surface area contributed by atoms with Crippen LogP contribution in [0.25, 0.3) is 10.9 Å². The molecule has 3 heterocycles. The Kier molecular flexibility index (Phi) is 3.18. The maximum atomic E-state index is 12.3. The SMILES string of the molecule is O=C(Cn1ccc2ccccc21)N[C@H]1CCn2nccc2C1. The van der Waals surface area contributed by atoms with Crippen LogP contribution in [0.2, 0.25) is 0 Å². The molecule has 0 saturated carbocycles. The summed E-state index contributed by atoms with van der Waals surface area (Å²) in [5.74, 6) is 0.0688. The van der Waals surface area contributed by atoms with Gasteiger partial charge in [0.1, 0.15) is 6.54 Å². The number of hydrogen-bond donors (Lipinski definition) is 1. The second kappa shape index (κ2) is 5.33. The molecule has 0 fully saturated rings. The third kappa shape index (κ3) is 2.39. The van der Waals surface area contributed by atoms with Gasteiger partial charge in [0.25, 0.3) is 0 Å². The molecule has 0 aliphatic carbocycles. The Bertz CT molecular complexity index is 817. The summed E-state index contributed by atoms with van der Waals surface area (Å²) >= 11 is 0. The molecule has 1 atom stereocenters. The number of rotatable bonds is 3. The second-order valence-corrected chi connectivity index (χ2v) is 5.81. The Morgan fingerprint density at radius 2 is 2.18 bits per heavy atom. The third-order valence-corrected chi connectivity index (χ3v) is 4.31. The smallest absolute Gasteiger partial charge is 0.240 e. The minimum atomic E-state index is 0.0688. The lowest BCUT2D eigenvalue weighted by Crippen LogP contribution is -2.41. The van der Waals surface area contributed by atoms with Crippen molar-refractivity contribution in [3.05, 3.63) is 54.5 Å². The van der Waals surface area contributed by atoms with Crippen molar-refractivity contribution >= 4 is 16.8 Å². The predicted molar refractivity (Wildman–Crippen MR) is 84.4 cm³/mol. The van der Waals surface area contributed by atoms with E-state index in [1.54, 1.807) is 0 Å². The van der Waals surface area contributed by atoms with Gasteiger partial charge in [-0.1, -0.05) is 18.2 Å². The fourth-order valence-electron chi connectivity index (χ4n) is 3.20. The average Bonchev–Trinajstić information content (AvgIpc) is 3.14. The zero-order valence-corrected chi connectivity index (χ0v) is 12.3. The maximum Gasteiger partial charge on any atom is 0.240 e.